The van der Waals surface area contributed by atoms with Gasteiger partial charge in [-0.1, -0.05) is 69.3 Å². The van der Waals surface area contributed by atoms with Gasteiger partial charge in [-0.15, -0.1) is 5.10 Å². The average molecular weight is 529 g/mol. The third-order valence-electron chi connectivity index (χ3n) is 6.71. The van der Waals surface area contributed by atoms with E-state index in [2.05, 4.69) is 20.6 Å². The van der Waals surface area contributed by atoms with Crippen molar-refractivity contribution in [3.05, 3.63) is 80.8 Å². The molecule has 3 heterocycles. The molecule has 3 aromatic heterocycles. The average Bonchev–Trinajstić information content (AvgIpc) is 3.60. The Morgan fingerprint density at radius 1 is 0.974 bits per heavy atom. The van der Waals surface area contributed by atoms with Gasteiger partial charge in [0.15, 0.2) is 17.0 Å². The van der Waals surface area contributed by atoms with Crippen molar-refractivity contribution in [3.8, 4) is 22.5 Å². The summed E-state index contributed by atoms with van der Waals surface area (Å²) in [6.07, 6.45) is 0.624. The largest absolute Gasteiger partial charge is 0.383 e. The van der Waals surface area contributed by atoms with Gasteiger partial charge in [0.25, 0.3) is 5.56 Å². The van der Waals surface area contributed by atoms with Gasteiger partial charge in [-0.05, 0) is 33.0 Å². The van der Waals surface area contributed by atoms with Gasteiger partial charge < -0.3 is 9.30 Å². The molecule has 0 radical (unpaired) electrons. The van der Waals surface area contributed by atoms with Crippen molar-refractivity contribution in [1.29, 1.82) is 0 Å². The Balaban J connectivity index is 1.58. The Morgan fingerprint density at radius 2 is 1.72 bits per heavy atom. The van der Waals surface area contributed by atoms with E-state index in [4.69, 9.17) is 9.72 Å². The van der Waals surface area contributed by atoms with Crippen LogP contribution in [0.2, 0.25) is 0 Å². The van der Waals surface area contributed by atoms with Crippen LogP contribution in [0.15, 0.2) is 58.1 Å². The summed E-state index contributed by atoms with van der Waals surface area (Å²) in [5, 5.41) is 14.3. The molecule has 39 heavy (non-hydrogen) atoms. The summed E-state index contributed by atoms with van der Waals surface area (Å²) in [5.74, 6) is 1.57. The highest BCUT2D eigenvalue weighted by Gasteiger charge is 2.22. The first-order valence-electron chi connectivity index (χ1n) is 13.1. The molecule has 11 heteroatoms. The van der Waals surface area contributed by atoms with Crippen molar-refractivity contribution >= 4 is 11.2 Å². The monoisotopic (exact) mass is 528 g/mol. The molecule has 0 saturated carbocycles. The normalized spacial score (nSPS) is 11.6. The van der Waals surface area contributed by atoms with Gasteiger partial charge in [-0.25, -0.2) is 14.9 Å². The van der Waals surface area contributed by atoms with E-state index in [-0.39, 0.29) is 30.3 Å². The minimum atomic E-state index is -0.351. The lowest BCUT2D eigenvalue weighted by Gasteiger charge is -2.14. The molecule has 0 fully saturated rings. The topological polar surface area (TPSA) is 126 Å². The zero-order chi connectivity index (χ0) is 27.5. The standard InChI is InChI=1S/C28H32N8O3/c1-5-23-29-26-24(27(37)34(14-15-39-4)28(38)36(26)16-18(2)3)35(23)17-19-10-12-20(13-11-19)21-8-6-7-9-22(21)25-30-32-33-31-25/h6-13,18H,5,14-17H2,1-4H3,(H,30,31,32,33). The lowest BCUT2D eigenvalue weighted by Crippen LogP contribution is -2.42. The van der Waals surface area contributed by atoms with Crippen LogP contribution in [0.25, 0.3) is 33.7 Å². The third-order valence-corrected chi connectivity index (χ3v) is 6.71. The Bertz CT molecular complexity index is 1700. The first-order chi connectivity index (χ1) is 18.9. The number of fused-ring (bicyclic) bond motifs is 1. The number of methoxy groups -OCH3 is 1. The van der Waals surface area contributed by atoms with Crippen LogP contribution in [0, 0.1) is 5.92 Å². The molecule has 5 rings (SSSR count). The molecule has 0 aliphatic carbocycles. The van der Waals surface area contributed by atoms with Crippen LogP contribution in [0.1, 0.15) is 32.2 Å². The Morgan fingerprint density at radius 3 is 2.36 bits per heavy atom. The smallest absolute Gasteiger partial charge is 0.332 e. The van der Waals surface area contributed by atoms with Gasteiger partial charge in [0.2, 0.25) is 0 Å². The number of aromatic amines is 1. The van der Waals surface area contributed by atoms with E-state index in [0.717, 1.165) is 28.1 Å². The van der Waals surface area contributed by atoms with Gasteiger partial charge >= 0.3 is 5.69 Å². The second-order valence-corrected chi connectivity index (χ2v) is 9.87. The van der Waals surface area contributed by atoms with Crippen molar-refractivity contribution in [3.63, 3.8) is 0 Å². The van der Waals surface area contributed by atoms with Gasteiger partial charge in [0.05, 0.1) is 13.2 Å². The van der Waals surface area contributed by atoms with E-state index >= 15 is 0 Å². The zero-order valence-corrected chi connectivity index (χ0v) is 22.6. The van der Waals surface area contributed by atoms with Gasteiger partial charge in [-0.2, -0.15) is 0 Å². The van der Waals surface area contributed by atoms with Crippen molar-refractivity contribution in [2.45, 2.75) is 46.8 Å². The second kappa shape index (κ2) is 11.2. The maximum absolute atomic E-state index is 13.6. The molecule has 0 unspecified atom stereocenters. The number of hydrogen-bond donors (Lipinski definition) is 1. The number of ether oxygens (including phenoxy) is 1. The van der Waals surface area contributed by atoms with Crippen LogP contribution in [-0.2, 0) is 30.8 Å². The maximum atomic E-state index is 13.6. The van der Waals surface area contributed by atoms with E-state index in [1.165, 1.54) is 4.57 Å². The van der Waals surface area contributed by atoms with Gasteiger partial charge in [-0.3, -0.25) is 13.9 Å². The van der Waals surface area contributed by atoms with Crippen LogP contribution >= 0.6 is 0 Å². The molecule has 202 valence electrons. The number of aryl methyl sites for hydroxylation is 1. The van der Waals surface area contributed by atoms with E-state index in [9.17, 15) is 9.59 Å². The molecule has 1 N–H and O–H groups in total. The number of rotatable bonds is 10. The van der Waals surface area contributed by atoms with Crippen LogP contribution in [0.4, 0.5) is 0 Å². The summed E-state index contributed by atoms with van der Waals surface area (Å²) in [4.78, 5) is 31.7. The number of H-pyrrole nitrogens is 1. The lowest BCUT2D eigenvalue weighted by molar-refractivity contribution is 0.184. The lowest BCUT2D eigenvalue weighted by atomic mass is 9.98. The third kappa shape index (κ3) is 5.05. The molecule has 11 nitrogen and oxygen atoms in total. The summed E-state index contributed by atoms with van der Waals surface area (Å²) < 4.78 is 10.0. The summed E-state index contributed by atoms with van der Waals surface area (Å²) in [6.45, 7) is 7.46. The van der Waals surface area contributed by atoms with Crippen LogP contribution in [0.3, 0.4) is 0 Å². The van der Waals surface area contributed by atoms with E-state index < -0.39 is 0 Å². The highest BCUT2D eigenvalue weighted by molar-refractivity contribution is 5.80. The molecule has 0 aliphatic rings. The van der Waals surface area contributed by atoms with E-state index in [1.807, 2.05) is 73.9 Å². The quantitative estimate of drug-likeness (QED) is 0.295. The van der Waals surface area contributed by atoms with Gasteiger partial charge in [0.1, 0.15) is 5.82 Å². The van der Waals surface area contributed by atoms with Crippen molar-refractivity contribution in [2.75, 3.05) is 13.7 Å². The number of hydrogen-bond acceptors (Lipinski definition) is 7. The first kappa shape index (κ1) is 26.2. The fraction of sp³-hybridized carbons (Fsp3) is 0.357. The fourth-order valence-corrected chi connectivity index (χ4v) is 4.87. The maximum Gasteiger partial charge on any atom is 0.332 e. The predicted molar refractivity (Wildman–Crippen MR) is 148 cm³/mol. The Hall–Kier alpha value is -4.38. The fourth-order valence-electron chi connectivity index (χ4n) is 4.87. The molecular weight excluding hydrogens is 496 g/mol. The molecule has 0 saturated heterocycles. The number of nitrogens with one attached hydrogen (secondary N) is 1. The molecule has 0 amide bonds. The minimum absolute atomic E-state index is 0.184. The van der Waals surface area contributed by atoms with Crippen molar-refractivity contribution in [2.24, 2.45) is 5.92 Å². The van der Waals surface area contributed by atoms with E-state index in [0.29, 0.717) is 36.5 Å². The van der Waals surface area contributed by atoms with Crippen molar-refractivity contribution in [1.82, 2.24) is 39.3 Å². The van der Waals surface area contributed by atoms with Crippen LogP contribution in [0.5, 0.6) is 0 Å². The second-order valence-electron chi connectivity index (χ2n) is 9.87. The molecule has 0 aliphatic heterocycles. The van der Waals surface area contributed by atoms with Crippen molar-refractivity contribution < 1.29 is 4.74 Å². The first-order valence-corrected chi connectivity index (χ1v) is 13.1. The number of nitrogens with zero attached hydrogens (tertiary/aromatic N) is 7. The molecule has 5 aromatic rings. The Kier molecular flexibility index (Phi) is 7.51. The Labute approximate surface area is 225 Å². The molecule has 0 atom stereocenters. The minimum Gasteiger partial charge on any atom is -0.383 e. The highest BCUT2D eigenvalue weighted by Crippen LogP contribution is 2.30. The number of aromatic nitrogens is 8. The summed E-state index contributed by atoms with van der Waals surface area (Å²) in [5.41, 5.74) is 4.13. The van der Waals surface area contributed by atoms with Crippen LogP contribution in [-0.4, -0.2) is 53.0 Å². The summed E-state index contributed by atoms with van der Waals surface area (Å²) in [6, 6.07) is 16.1. The summed E-state index contributed by atoms with van der Waals surface area (Å²) >= 11 is 0. The number of imidazole rings is 1. The predicted octanol–water partition coefficient (Wildman–Crippen LogP) is 3.12. The molecule has 0 spiro atoms. The van der Waals surface area contributed by atoms with Crippen LogP contribution < -0.4 is 11.2 Å². The van der Waals surface area contributed by atoms with E-state index in [1.54, 1.807) is 11.7 Å². The molecular formula is C28H32N8O3. The molecule has 2 aromatic carbocycles. The SMILES string of the molecule is CCc1nc2c(c(=O)n(CCOC)c(=O)n2CC(C)C)n1Cc1ccc(-c2ccccc2-c2nnn[nH]2)cc1. The zero-order valence-electron chi connectivity index (χ0n) is 22.6. The summed E-state index contributed by atoms with van der Waals surface area (Å²) in [7, 11) is 1.56. The number of benzene rings is 2. The van der Waals surface area contributed by atoms with Gasteiger partial charge in [0, 0.05) is 32.2 Å². The molecule has 0 bridgehead atoms. The number of tetrazole rings is 1. The highest BCUT2D eigenvalue weighted by atomic mass is 16.5.